The van der Waals surface area contributed by atoms with Crippen LogP contribution in [0.1, 0.15) is 22.6 Å². The Morgan fingerprint density at radius 1 is 0.231 bits per heavy atom. The standard InChI is InChI=1S/C63H40O2/c1-2-8-40(9-3-1)41-14-16-42(17-15-41)43-18-24-48(25-19-43)61(49-26-20-44(21-27-49)51-30-34-55-59(38-51)64-57-36-32-46-10-4-6-12-53(46)62(55)57)50-28-22-45(23-29-50)52-31-35-56-60(39-52)65-58-37-33-47-11-5-7-13-54(47)63(56)58/h1-39,61H. The van der Waals surface area contributed by atoms with E-state index in [0.717, 1.165) is 55.4 Å². The Labute approximate surface area is 376 Å². The predicted molar refractivity (Wildman–Crippen MR) is 272 cm³/mol. The van der Waals surface area contributed by atoms with Crippen LogP contribution in [-0.2, 0) is 0 Å². The number of rotatable bonds is 7. The number of hydrogen-bond acceptors (Lipinski definition) is 2. The fraction of sp³-hybridized carbons (Fsp3) is 0.0159. The number of benzene rings is 11. The molecule has 0 amide bonds. The fourth-order valence-corrected chi connectivity index (χ4v) is 10.1. The molecule has 13 aromatic rings. The molecule has 0 bridgehead atoms. The fourth-order valence-electron chi connectivity index (χ4n) is 10.1. The minimum Gasteiger partial charge on any atom is -0.456 e. The van der Waals surface area contributed by atoms with Crippen molar-refractivity contribution in [3.8, 4) is 44.5 Å². The monoisotopic (exact) mass is 828 g/mol. The largest absolute Gasteiger partial charge is 0.456 e. The second-order valence-corrected chi connectivity index (χ2v) is 17.2. The minimum absolute atomic E-state index is 0.0184. The zero-order valence-electron chi connectivity index (χ0n) is 35.4. The van der Waals surface area contributed by atoms with Gasteiger partial charge in [-0.15, -0.1) is 0 Å². The highest BCUT2D eigenvalue weighted by atomic mass is 16.3. The third-order valence-corrected chi connectivity index (χ3v) is 13.4. The summed E-state index contributed by atoms with van der Waals surface area (Å²) in [6.07, 6.45) is 0. The summed E-state index contributed by atoms with van der Waals surface area (Å²) in [7, 11) is 0. The van der Waals surface area contributed by atoms with Crippen molar-refractivity contribution in [2.45, 2.75) is 5.92 Å². The topological polar surface area (TPSA) is 26.3 Å². The van der Waals surface area contributed by atoms with Gasteiger partial charge in [-0.2, -0.15) is 0 Å². The van der Waals surface area contributed by atoms with E-state index in [2.05, 4.69) is 237 Å². The van der Waals surface area contributed by atoms with Gasteiger partial charge in [0, 0.05) is 27.5 Å². The van der Waals surface area contributed by atoms with Crippen LogP contribution in [0.4, 0.5) is 0 Å². The van der Waals surface area contributed by atoms with Crippen LogP contribution in [0.2, 0.25) is 0 Å². The Balaban J connectivity index is 0.853. The third-order valence-electron chi connectivity index (χ3n) is 13.4. The van der Waals surface area contributed by atoms with Crippen LogP contribution in [0.5, 0.6) is 0 Å². The SMILES string of the molecule is c1ccc(-c2ccc(-c3ccc(C(c4ccc(-c5ccc6c(c5)oc5ccc7ccccc7c56)cc4)c4ccc(-c5ccc6c(c5)oc5ccc7ccccc7c56)cc4)cc3)cc2)cc1. The molecule has 0 aliphatic rings. The van der Waals surface area contributed by atoms with E-state index in [1.54, 1.807) is 0 Å². The molecule has 0 N–H and O–H groups in total. The van der Waals surface area contributed by atoms with Gasteiger partial charge in [0.25, 0.3) is 0 Å². The van der Waals surface area contributed by atoms with Gasteiger partial charge in [-0.25, -0.2) is 0 Å². The maximum absolute atomic E-state index is 6.45. The second kappa shape index (κ2) is 15.1. The van der Waals surface area contributed by atoms with Gasteiger partial charge in [-0.05, 0) is 119 Å². The lowest BCUT2D eigenvalue weighted by Gasteiger charge is -2.20. The van der Waals surface area contributed by atoms with Crippen LogP contribution in [0.15, 0.2) is 245 Å². The van der Waals surface area contributed by atoms with Crippen LogP contribution < -0.4 is 0 Å². The van der Waals surface area contributed by atoms with E-state index in [1.807, 2.05) is 0 Å². The van der Waals surface area contributed by atoms with E-state index in [0.29, 0.717) is 0 Å². The lowest BCUT2D eigenvalue weighted by Crippen LogP contribution is -2.03. The molecule has 11 aromatic carbocycles. The van der Waals surface area contributed by atoms with Crippen molar-refractivity contribution in [3.63, 3.8) is 0 Å². The molecule has 0 aliphatic heterocycles. The zero-order valence-corrected chi connectivity index (χ0v) is 35.4. The van der Waals surface area contributed by atoms with Crippen molar-refractivity contribution in [1.82, 2.24) is 0 Å². The maximum atomic E-state index is 6.45. The minimum atomic E-state index is 0.0184. The molecule has 0 aliphatic carbocycles. The van der Waals surface area contributed by atoms with Gasteiger partial charge in [0.1, 0.15) is 22.3 Å². The molecule has 304 valence electrons. The molecule has 65 heavy (non-hydrogen) atoms. The van der Waals surface area contributed by atoms with Crippen molar-refractivity contribution in [2.24, 2.45) is 0 Å². The third kappa shape index (κ3) is 6.41. The summed E-state index contributed by atoms with van der Waals surface area (Å²) in [4.78, 5) is 0. The summed E-state index contributed by atoms with van der Waals surface area (Å²) in [6.45, 7) is 0. The van der Waals surface area contributed by atoms with Gasteiger partial charge in [0.15, 0.2) is 0 Å². The Bertz CT molecular complexity index is 3700. The Morgan fingerprint density at radius 3 is 1.00 bits per heavy atom. The smallest absolute Gasteiger partial charge is 0.136 e. The van der Waals surface area contributed by atoms with E-state index in [9.17, 15) is 0 Å². The highest BCUT2D eigenvalue weighted by Crippen LogP contribution is 2.40. The van der Waals surface area contributed by atoms with Crippen molar-refractivity contribution in [2.75, 3.05) is 0 Å². The average Bonchev–Trinajstić information content (AvgIpc) is 3.96. The molecule has 0 spiro atoms. The molecular formula is C63H40O2. The van der Waals surface area contributed by atoms with Gasteiger partial charge in [-0.3, -0.25) is 0 Å². The van der Waals surface area contributed by atoms with E-state index in [1.165, 1.54) is 71.3 Å². The molecule has 2 nitrogen and oxygen atoms in total. The summed E-state index contributed by atoms with van der Waals surface area (Å²) in [5.74, 6) is 0.0184. The molecule has 0 unspecified atom stereocenters. The maximum Gasteiger partial charge on any atom is 0.136 e. The summed E-state index contributed by atoms with van der Waals surface area (Å²) in [5.41, 5.74) is 16.7. The average molecular weight is 829 g/mol. The van der Waals surface area contributed by atoms with Crippen molar-refractivity contribution < 1.29 is 8.83 Å². The van der Waals surface area contributed by atoms with E-state index in [-0.39, 0.29) is 5.92 Å². The lowest BCUT2D eigenvalue weighted by atomic mass is 9.83. The molecule has 2 aromatic heterocycles. The molecular weight excluding hydrogens is 789 g/mol. The Kier molecular flexibility index (Phi) is 8.63. The first-order valence-electron chi connectivity index (χ1n) is 22.3. The van der Waals surface area contributed by atoms with Crippen LogP contribution >= 0.6 is 0 Å². The summed E-state index contributed by atoms with van der Waals surface area (Å²) in [5, 5.41) is 9.50. The van der Waals surface area contributed by atoms with Crippen molar-refractivity contribution in [1.29, 1.82) is 0 Å². The first-order valence-corrected chi connectivity index (χ1v) is 22.3. The normalized spacial score (nSPS) is 11.8. The number of fused-ring (bicyclic) bond motifs is 10. The van der Waals surface area contributed by atoms with Gasteiger partial charge < -0.3 is 8.83 Å². The summed E-state index contributed by atoms with van der Waals surface area (Å²) < 4.78 is 12.9. The van der Waals surface area contributed by atoms with Crippen LogP contribution in [0.25, 0.3) is 110 Å². The molecule has 0 fully saturated rings. The van der Waals surface area contributed by atoms with Crippen LogP contribution in [0.3, 0.4) is 0 Å². The predicted octanol–water partition coefficient (Wildman–Crippen LogP) is 17.6. The molecule has 2 heterocycles. The zero-order chi connectivity index (χ0) is 42.8. The molecule has 13 rings (SSSR count). The highest BCUT2D eigenvalue weighted by Gasteiger charge is 2.19. The van der Waals surface area contributed by atoms with Crippen molar-refractivity contribution >= 4 is 65.4 Å². The van der Waals surface area contributed by atoms with Gasteiger partial charge >= 0.3 is 0 Å². The Hall–Kier alpha value is -8.46. The highest BCUT2D eigenvalue weighted by molar-refractivity contribution is 6.20. The van der Waals surface area contributed by atoms with Gasteiger partial charge in [-0.1, -0.05) is 200 Å². The van der Waals surface area contributed by atoms with Crippen LogP contribution in [0, 0.1) is 0 Å². The number of furan rings is 2. The quantitative estimate of drug-likeness (QED) is 0.150. The first kappa shape index (κ1) is 37.1. The second-order valence-electron chi connectivity index (χ2n) is 17.2. The molecule has 0 saturated carbocycles. The van der Waals surface area contributed by atoms with Gasteiger partial charge in [0.2, 0.25) is 0 Å². The van der Waals surface area contributed by atoms with E-state index < -0.39 is 0 Å². The van der Waals surface area contributed by atoms with Crippen LogP contribution in [-0.4, -0.2) is 0 Å². The lowest BCUT2D eigenvalue weighted by molar-refractivity contribution is 0.669. The Morgan fingerprint density at radius 2 is 0.569 bits per heavy atom. The summed E-state index contributed by atoms with van der Waals surface area (Å²) >= 11 is 0. The molecule has 0 radical (unpaired) electrons. The molecule has 0 saturated heterocycles. The molecule has 2 heteroatoms. The van der Waals surface area contributed by atoms with Gasteiger partial charge in [0.05, 0.1) is 0 Å². The van der Waals surface area contributed by atoms with E-state index >= 15 is 0 Å². The van der Waals surface area contributed by atoms with E-state index in [4.69, 9.17) is 8.83 Å². The number of hydrogen-bond donors (Lipinski definition) is 0. The first-order chi connectivity index (χ1) is 32.2. The summed E-state index contributed by atoms with van der Waals surface area (Å²) in [6, 6.07) is 85.5. The van der Waals surface area contributed by atoms with Crippen molar-refractivity contribution in [3.05, 3.63) is 253 Å². The molecule has 0 atom stereocenters.